The predicted molar refractivity (Wildman–Crippen MR) is 76.0 cm³/mol. The van der Waals surface area contributed by atoms with Crippen molar-refractivity contribution < 1.29 is 9.32 Å². The minimum absolute atomic E-state index is 0.122. The van der Waals surface area contributed by atoms with Crippen LogP contribution in [0.25, 0.3) is 0 Å². The van der Waals surface area contributed by atoms with E-state index in [-0.39, 0.29) is 12.1 Å². The quantitative estimate of drug-likeness (QED) is 0.906. The third-order valence-corrected chi connectivity index (χ3v) is 3.31. The number of nitrogens with zero attached hydrogens (tertiary/aromatic N) is 1. The van der Waals surface area contributed by atoms with Gasteiger partial charge in [-0.2, -0.15) is 0 Å². The number of halogens is 1. The maximum Gasteiger partial charge on any atom is 0.320 e. The number of carbonyl (C=O) groups excluding carboxylic acids is 1. The van der Waals surface area contributed by atoms with E-state index < -0.39 is 0 Å². The number of urea groups is 1. The molecule has 5 nitrogen and oxygen atoms in total. The molecule has 0 aliphatic heterocycles. The molecule has 100 valence electrons. The van der Waals surface area contributed by atoms with Crippen LogP contribution in [0, 0.1) is 6.92 Å². The molecule has 1 aromatic carbocycles. The van der Waals surface area contributed by atoms with E-state index in [0.717, 1.165) is 10.0 Å². The molecule has 2 N–H and O–H groups in total. The van der Waals surface area contributed by atoms with Crippen LogP contribution >= 0.6 is 15.9 Å². The summed E-state index contributed by atoms with van der Waals surface area (Å²) in [6, 6.07) is 8.96. The van der Waals surface area contributed by atoms with Crippen molar-refractivity contribution in [3.63, 3.8) is 0 Å². The maximum atomic E-state index is 11.8. The number of nitrogens with one attached hydrogen (secondary N) is 2. The first-order chi connectivity index (χ1) is 9.06. The molecular weight excluding hydrogens is 310 g/mol. The Bertz CT molecular complexity index is 583. The summed E-state index contributed by atoms with van der Waals surface area (Å²) in [7, 11) is 0. The van der Waals surface area contributed by atoms with Crippen molar-refractivity contribution in [3.05, 3.63) is 46.1 Å². The number of hydrogen-bond donors (Lipinski definition) is 2. The number of hydrogen-bond acceptors (Lipinski definition) is 3. The van der Waals surface area contributed by atoms with Gasteiger partial charge in [-0.1, -0.05) is 39.3 Å². The smallest absolute Gasteiger partial charge is 0.320 e. The monoisotopic (exact) mass is 323 g/mol. The summed E-state index contributed by atoms with van der Waals surface area (Å²) in [5, 5.41) is 9.14. The van der Waals surface area contributed by atoms with E-state index >= 15 is 0 Å². The van der Waals surface area contributed by atoms with E-state index in [4.69, 9.17) is 4.52 Å². The molecular formula is C13H14BrN3O2. The van der Waals surface area contributed by atoms with E-state index in [2.05, 4.69) is 31.7 Å². The zero-order valence-corrected chi connectivity index (χ0v) is 12.2. The highest BCUT2D eigenvalue weighted by atomic mass is 79.9. The van der Waals surface area contributed by atoms with Gasteiger partial charge >= 0.3 is 6.03 Å². The molecule has 0 fully saturated rings. The fourth-order valence-corrected chi connectivity index (χ4v) is 2.31. The Labute approximate surface area is 119 Å². The number of anilines is 1. The zero-order chi connectivity index (χ0) is 13.8. The highest BCUT2D eigenvalue weighted by molar-refractivity contribution is 9.10. The summed E-state index contributed by atoms with van der Waals surface area (Å²) in [4.78, 5) is 11.8. The van der Waals surface area contributed by atoms with Crippen molar-refractivity contribution in [2.45, 2.75) is 19.9 Å². The number of benzene rings is 1. The van der Waals surface area contributed by atoms with Gasteiger partial charge in [-0.05, 0) is 25.5 Å². The number of carbonyl (C=O) groups is 1. The van der Waals surface area contributed by atoms with Crippen LogP contribution in [0.4, 0.5) is 10.6 Å². The molecule has 1 atom stereocenters. The van der Waals surface area contributed by atoms with Gasteiger partial charge in [0.1, 0.15) is 5.76 Å². The predicted octanol–water partition coefficient (Wildman–Crippen LogP) is 3.63. The fourth-order valence-electron chi connectivity index (χ4n) is 1.68. The first-order valence-electron chi connectivity index (χ1n) is 5.81. The number of aryl methyl sites for hydroxylation is 1. The molecule has 1 heterocycles. The Morgan fingerprint density at radius 1 is 1.42 bits per heavy atom. The van der Waals surface area contributed by atoms with Crippen molar-refractivity contribution in [2.75, 3.05) is 5.32 Å². The normalized spacial score (nSPS) is 11.9. The summed E-state index contributed by atoms with van der Waals surface area (Å²) in [5.74, 6) is 1.04. The average Bonchev–Trinajstić information content (AvgIpc) is 2.74. The van der Waals surface area contributed by atoms with Crippen LogP contribution in [0.1, 0.15) is 24.3 Å². The van der Waals surface area contributed by atoms with E-state index in [9.17, 15) is 4.79 Å². The van der Waals surface area contributed by atoms with Crippen molar-refractivity contribution >= 4 is 27.8 Å². The summed E-state index contributed by atoms with van der Waals surface area (Å²) in [5.41, 5.74) is 1.01. The van der Waals surface area contributed by atoms with Gasteiger partial charge in [0.15, 0.2) is 5.82 Å². The molecule has 2 amide bonds. The number of amides is 2. The number of aromatic nitrogens is 1. The molecule has 2 rings (SSSR count). The summed E-state index contributed by atoms with van der Waals surface area (Å²) >= 11 is 3.46. The van der Waals surface area contributed by atoms with Gasteiger partial charge in [-0.15, -0.1) is 0 Å². The Kier molecular flexibility index (Phi) is 4.21. The molecule has 0 radical (unpaired) electrons. The SMILES string of the molecule is Cc1cc(NC(=O)N[C@@H](C)c2ccccc2Br)no1. The van der Waals surface area contributed by atoms with Gasteiger partial charge < -0.3 is 9.84 Å². The van der Waals surface area contributed by atoms with Crippen LogP contribution in [-0.2, 0) is 0 Å². The van der Waals surface area contributed by atoms with Gasteiger partial charge in [0.05, 0.1) is 6.04 Å². The van der Waals surface area contributed by atoms with E-state index in [1.807, 2.05) is 31.2 Å². The van der Waals surface area contributed by atoms with E-state index in [1.54, 1.807) is 13.0 Å². The molecule has 0 aliphatic carbocycles. The zero-order valence-electron chi connectivity index (χ0n) is 10.6. The highest BCUT2D eigenvalue weighted by Crippen LogP contribution is 2.22. The maximum absolute atomic E-state index is 11.8. The van der Waals surface area contributed by atoms with Crippen LogP contribution in [-0.4, -0.2) is 11.2 Å². The second-order valence-electron chi connectivity index (χ2n) is 4.16. The molecule has 0 saturated carbocycles. The van der Waals surface area contributed by atoms with Crippen molar-refractivity contribution in [1.82, 2.24) is 10.5 Å². The Balaban J connectivity index is 1.97. The molecule has 0 spiro atoms. The molecule has 0 bridgehead atoms. The van der Waals surface area contributed by atoms with Crippen LogP contribution in [0.2, 0.25) is 0 Å². The summed E-state index contributed by atoms with van der Waals surface area (Å²) in [6.07, 6.45) is 0. The lowest BCUT2D eigenvalue weighted by atomic mass is 10.1. The lowest BCUT2D eigenvalue weighted by Crippen LogP contribution is -2.31. The lowest BCUT2D eigenvalue weighted by Gasteiger charge is -2.15. The van der Waals surface area contributed by atoms with Crippen molar-refractivity contribution in [2.24, 2.45) is 0 Å². The first kappa shape index (κ1) is 13.6. The third kappa shape index (κ3) is 3.57. The van der Waals surface area contributed by atoms with Crippen LogP contribution < -0.4 is 10.6 Å². The summed E-state index contributed by atoms with van der Waals surface area (Å²) in [6.45, 7) is 3.67. The Morgan fingerprint density at radius 3 is 2.79 bits per heavy atom. The molecule has 19 heavy (non-hydrogen) atoms. The largest absolute Gasteiger partial charge is 0.360 e. The number of rotatable bonds is 3. The molecule has 6 heteroatoms. The Hall–Kier alpha value is -1.82. The minimum atomic E-state index is -0.323. The van der Waals surface area contributed by atoms with E-state index in [1.165, 1.54) is 0 Å². The second-order valence-corrected chi connectivity index (χ2v) is 5.02. The molecule has 0 aliphatic rings. The van der Waals surface area contributed by atoms with E-state index in [0.29, 0.717) is 11.6 Å². The molecule has 2 aromatic rings. The van der Waals surface area contributed by atoms with Gasteiger partial charge in [0.25, 0.3) is 0 Å². The topological polar surface area (TPSA) is 67.2 Å². The third-order valence-electron chi connectivity index (χ3n) is 2.59. The molecule has 0 saturated heterocycles. The molecule has 1 aromatic heterocycles. The van der Waals surface area contributed by atoms with Gasteiger partial charge in [0, 0.05) is 10.5 Å². The minimum Gasteiger partial charge on any atom is -0.360 e. The first-order valence-corrected chi connectivity index (χ1v) is 6.61. The second kappa shape index (κ2) is 5.88. The summed E-state index contributed by atoms with van der Waals surface area (Å²) < 4.78 is 5.83. The highest BCUT2D eigenvalue weighted by Gasteiger charge is 2.12. The van der Waals surface area contributed by atoms with Crippen LogP contribution in [0.3, 0.4) is 0 Å². The van der Waals surface area contributed by atoms with Crippen LogP contribution in [0.15, 0.2) is 39.3 Å². The van der Waals surface area contributed by atoms with Gasteiger partial charge in [0.2, 0.25) is 0 Å². The average molecular weight is 324 g/mol. The van der Waals surface area contributed by atoms with Gasteiger partial charge in [-0.3, -0.25) is 5.32 Å². The van der Waals surface area contributed by atoms with Crippen molar-refractivity contribution in [1.29, 1.82) is 0 Å². The van der Waals surface area contributed by atoms with Crippen molar-refractivity contribution in [3.8, 4) is 0 Å². The Morgan fingerprint density at radius 2 is 2.16 bits per heavy atom. The van der Waals surface area contributed by atoms with Crippen LogP contribution in [0.5, 0.6) is 0 Å². The molecule has 0 unspecified atom stereocenters. The lowest BCUT2D eigenvalue weighted by molar-refractivity contribution is 0.249. The standard InChI is InChI=1S/C13H14BrN3O2/c1-8-7-12(17-19-8)16-13(18)15-9(2)10-5-3-4-6-11(10)14/h3-7,9H,1-2H3,(H2,15,16,17,18)/t9-/m0/s1. The van der Waals surface area contributed by atoms with Gasteiger partial charge in [-0.25, -0.2) is 4.79 Å². The fraction of sp³-hybridized carbons (Fsp3) is 0.231.